The van der Waals surface area contributed by atoms with Gasteiger partial charge in [0.15, 0.2) is 0 Å². The van der Waals surface area contributed by atoms with Gasteiger partial charge in [-0.15, -0.1) is 0 Å². The summed E-state index contributed by atoms with van der Waals surface area (Å²) in [5.41, 5.74) is 7.98. The molecular formula is C14H23N3O. The average molecular weight is 249 g/mol. The van der Waals surface area contributed by atoms with Gasteiger partial charge in [-0.3, -0.25) is 0 Å². The van der Waals surface area contributed by atoms with E-state index >= 15 is 0 Å². The molecule has 0 spiro atoms. The van der Waals surface area contributed by atoms with Crippen LogP contribution in [0.2, 0.25) is 0 Å². The summed E-state index contributed by atoms with van der Waals surface area (Å²) < 4.78 is 5.66. The predicted molar refractivity (Wildman–Crippen MR) is 74.0 cm³/mol. The molecule has 1 fully saturated rings. The highest BCUT2D eigenvalue weighted by molar-refractivity contribution is 5.46. The van der Waals surface area contributed by atoms with Crippen LogP contribution < -0.4 is 10.6 Å². The second-order valence-electron chi connectivity index (χ2n) is 5.04. The second-order valence-corrected chi connectivity index (χ2v) is 5.04. The van der Waals surface area contributed by atoms with E-state index < -0.39 is 0 Å². The maximum absolute atomic E-state index is 5.66. The third kappa shape index (κ3) is 3.21. The molecule has 100 valence electrons. The van der Waals surface area contributed by atoms with Crippen LogP contribution in [0.1, 0.15) is 24.0 Å². The number of aryl methyl sites for hydroxylation is 1. The molecule has 18 heavy (non-hydrogen) atoms. The minimum absolute atomic E-state index is 0.361. The van der Waals surface area contributed by atoms with E-state index in [1.54, 1.807) is 0 Å². The van der Waals surface area contributed by atoms with Crippen molar-refractivity contribution in [2.45, 2.75) is 32.3 Å². The molecule has 1 aromatic rings. The van der Waals surface area contributed by atoms with Crippen LogP contribution in [0.4, 0.5) is 5.82 Å². The molecule has 1 atom stereocenters. The Balaban J connectivity index is 2.02. The standard InChI is InChI=1S/C14H23N3O/c1-11-8-12(5-6-15)9-16-14(11)17(2)10-13-4-3-7-18-13/h8-9,13H,3-7,10,15H2,1-2H3. The summed E-state index contributed by atoms with van der Waals surface area (Å²) >= 11 is 0. The lowest BCUT2D eigenvalue weighted by molar-refractivity contribution is 0.116. The molecule has 0 aromatic carbocycles. The minimum atomic E-state index is 0.361. The molecule has 0 radical (unpaired) electrons. The second kappa shape index (κ2) is 6.16. The highest BCUT2D eigenvalue weighted by Crippen LogP contribution is 2.20. The smallest absolute Gasteiger partial charge is 0.131 e. The van der Waals surface area contributed by atoms with Gasteiger partial charge in [-0.1, -0.05) is 6.07 Å². The molecule has 0 saturated carbocycles. The van der Waals surface area contributed by atoms with Crippen LogP contribution in [0.3, 0.4) is 0 Å². The maximum Gasteiger partial charge on any atom is 0.131 e. The van der Waals surface area contributed by atoms with Crippen LogP contribution in [0.15, 0.2) is 12.3 Å². The first-order chi connectivity index (χ1) is 8.70. The van der Waals surface area contributed by atoms with E-state index in [9.17, 15) is 0 Å². The lowest BCUT2D eigenvalue weighted by Gasteiger charge is -2.23. The molecule has 1 aliphatic heterocycles. The SMILES string of the molecule is Cc1cc(CCN)cnc1N(C)CC1CCCO1. The van der Waals surface area contributed by atoms with Gasteiger partial charge in [-0.2, -0.15) is 0 Å². The Bertz CT molecular complexity index is 389. The number of hydrogen-bond acceptors (Lipinski definition) is 4. The fourth-order valence-corrected chi connectivity index (χ4v) is 2.51. The van der Waals surface area contributed by atoms with Crippen molar-refractivity contribution in [3.8, 4) is 0 Å². The number of hydrogen-bond donors (Lipinski definition) is 1. The summed E-state index contributed by atoms with van der Waals surface area (Å²) in [4.78, 5) is 6.75. The largest absolute Gasteiger partial charge is 0.376 e. The number of anilines is 1. The van der Waals surface area contributed by atoms with Crippen molar-refractivity contribution in [1.82, 2.24) is 4.98 Å². The third-order valence-corrected chi connectivity index (χ3v) is 3.40. The molecule has 2 rings (SSSR count). The van der Waals surface area contributed by atoms with Gasteiger partial charge in [0.05, 0.1) is 6.10 Å². The quantitative estimate of drug-likeness (QED) is 0.859. The molecule has 0 bridgehead atoms. The van der Waals surface area contributed by atoms with Gasteiger partial charge in [-0.25, -0.2) is 4.98 Å². The van der Waals surface area contributed by atoms with Crippen LogP contribution >= 0.6 is 0 Å². The highest BCUT2D eigenvalue weighted by atomic mass is 16.5. The lowest BCUT2D eigenvalue weighted by atomic mass is 10.1. The molecular weight excluding hydrogens is 226 g/mol. The van der Waals surface area contributed by atoms with E-state index in [0.29, 0.717) is 12.6 Å². The summed E-state index contributed by atoms with van der Waals surface area (Å²) in [5.74, 6) is 1.05. The Labute approximate surface area is 109 Å². The Morgan fingerprint density at radius 1 is 1.56 bits per heavy atom. The first-order valence-electron chi connectivity index (χ1n) is 6.69. The molecule has 0 amide bonds. The molecule has 1 saturated heterocycles. The fraction of sp³-hybridized carbons (Fsp3) is 0.643. The Morgan fingerprint density at radius 3 is 3.00 bits per heavy atom. The third-order valence-electron chi connectivity index (χ3n) is 3.40. The topological polar surface area (TPSA) is 51.4 Å². The van der Waals surface area contributed by atoms with Gasteiger partial charge in [0.25, 0.3) is 0 Å². The molecule has 1 aliphatic rings. The summed E-state index contributed by atoms with van der Waals surface area (Å²) in [6.07, 6.45) is 5.53. The molecule has 2 heterocycles. The fourth-order valence-electron chi connectivity index (χ4n) is 2.51. The van der Waals surface area contributed by atoms with E-state index in [-0.39, 0.29) is 0 Å². The van der Waals surface area contributed by atoms with Gasteiger partial charge >= 0.3 is 0 Å². The van der Waals surface area contributed by atoms with E-state index in [1.807, 2.05) is 6.20 Å². The normalized spacial score (nSPS) is 19.2. The van der Waals surface area contributed by atoms with Crippen molar-refractivity contribution in [2.75, 3.05) is 31.6 Å². The number of likely N-dealkylation sites (N-methyl/N-ethyl adjacent to an activating group) is 1. The number of rotatable bonds is 5. The zero-order valence-electron chi connectivity index (χ0n) is 11.4. The molecule has 4 nitrogen and oxygen atoms in total. The Morgan fingerprint density at radius 2 is 2.39 bits per heavy atom. The zero-order chi connectivity index (χ0) is 13.0. The molecule has 0 aliphatic carbocycles. The zero-order valence-corrected chi connectivity index (χ0v) is 11.4. The van der Waals surface area contributed by atoms with Crippen LogP contribution in [-0.2, 0) is 11.2 Å². The average Bonchev–Trinajstić information content (AvgIpc) is 2.82. The van der Waals surface area contributed by atoms with Crippen molar-refractivity contribution >= 4 is 5.82 Å². The predicted octanol–water partition coefficient (Wildman–Crippen LogP) is 1.51. The monoisotopic (exact) mass is 249 g/mol. The van der Waals surface area contributed by atoms with Gasteiger partial charge in [-0.05, 0) is 43.9 Å². The summed E-state index contributed by atoms with van der Waals surface area (Å²) in [6.45, 7) is 4.60. The summed E-state index contributed by atoms with van der Waals surface area (Å²) in [7, 11) is 2.08. The van der Waals surface area contributed by atoms with Crippen LogP contribution in [-0.4, -0.2) is 37.8 Å². The van der Waals surface area contributed by atoms with Crippen LogP contribution in [0.25, 0.3) is 0 Å². The van der Waals surface area contributed by atoms with Crippen molar-refractivity contribution < 1.29 is 4.74 Å². The van der Waals surface area contributed by atoms with Crippen LogP contribution in [0, 0.1) is 6.92 Å². The lowest BCUT2D eigenvalue weighted by Crippen LogP contribution is -2.29. The van der Waals surface area contributed by atoms with Gasteiger partial charge < -0.3 is 15.4 Å². The van der Waals surface area contributed by atoms with E-state index in [4.69, 9.17) is 10.5 Å². The van der Waals surface area contributed by atoms with Gasteiger partial charge in [0, 0.05) is 26.4 Å². The number of nitrogens with zero attached hydrogens (tertiary/aromatic N) is 2. The Hall–Kier alpha value is -1.13. The molecule has 2 N–H and O–H groups in total. The van der Waals surface area contributed by atoms with Crippen molar-refractivity contribution in [3.63, 3.8) is 0 Å². The van der Waals surface area contributed by atoms with Crippen molar-refractivity contribution in [2.24, 2.45) is 5.73 Å². The maximum atomic E-state index is 5.66. The molecule has 1 unspecified atom stereocenters. The van der Waals surface area contributed by atoms with E-state index in [0.717, 1.165) is 31.8 Å². The van der Waals surface area contributed by atoms with Crippen molar-refractivity contribution in [1.29, 1.82) is 0 Å². The van der Waals surface area contributed by atoms with Crippen molar-refractivity contribution in [3.05, 3.63) is 23.4 Å². The molecule has 1 aromatic heterocycles. The number of aromatic nitrogens is 1. The number of pyridine rings is 1. The van der Waals surface area contributed by atoms with Crippen LogP contribution in [0.5, 0.6) is 0 Å². The summed E-state index contributed by atoms with van der Waals surface area (Å²) in [6, 6.07) is 2.18. The number of nitrogens with two attached hydrogens (primary N) is 1. The number of ether oxygens (including phenoxy) is 1. The molecule has 4 heteroatoms. The van der Waals surface area contributed by atoms with Gasteiger partial charge in [0.2, 0.25) is 0 Å². The van der Waals surface area contributed by atoms with E-state index in [2.05, 4.69) is 29.9 Å². The summed E-state index contributed by atoms with van der Waals surface area (Å²) in [5, 5.41) is 0. The van der Waals surface area contributed by atoms with Gasteiger partial charge in [0.1, 0.15) is 5.82 Å². The van der Waals surface area contributed by atoms with E-state index in [1.165, 1.54) is 17.5 Å². The minimum Gasteiger partial charge on any atom is -0.376 e. The first-order valence-corrected chi connectivity index (χ1v) is 6.69. The first kappa shape index (κ1) is 13.3. The highest BCUT2D eigenvalue weighted by Gasteiger charge is 2.18. The Kier molecular flexibility index (Phi) is 4.55.